The molecule has 1 atom stereocenters. The first-order valence-electron chi connectivity index (χ1n) is 3.73. The number of rotatable bonds is 1. The van der Waals surface area contributed by atoms with Gasteiger partial charge in [0.15, 0.2) is 0 Å². The molecule has 0 radical (unpaired) electrons. The molecule has 0 fully saturated rings. The fraction of sp³-hybridized carbons (Fsp3) is 0.556. The Morgan fingerprint density at radius 1 is 1.55 bits per heavy atom. The van der Waals surface area contributed by atoms with Gasteiger partial charge in [0, 0.05) is 5.92 Å². The van der Waals surface area contributed by atoms with Crippen molar-refractivity contribution in [3.05, 3.63) is 23.8 Å². The van der Waals surface area contributed by atoms with Crippen LogP contribution in [0.25, 0.3) is 0 Å². The highest BCUT2D eigenvalue weighted by Crippen LogP contribution is 2.31. The molecule has 0 nitrogen and oxygen atoms in total. The van der Waals surface area contributed by atoms with Gasteiger partial charge >= 0.3 is 0 Å². The maximum Gasteiger partial charge on any atom is 0.251 e. The molecule has 0 bridgehead atoms. The van der Waals surface area contributed by atoms with Crippen molar-refractivity contribution in [1.82, 2.24) is 0 Å². The zero-order chi connectivity index (χ0) is 8.48. The number of hydrogen-bond donors (Lipinski definition) is 0. The van der Waals surface area contributed by atoms with E-state index >= 15 is 0 Å². The Balaban J connectivity index is 2.71. The van der Waals surface area contributed by atoms with Gasteiger partial charge in [0.2, 0.25) is 0 Å². The molecule has 0 aliphatic heterocycles. The molecule has 0 aromatic heterocycles. The summed E-state index contributed by atoms with van der Waals surface area (Å²) in [6.45, 7) is 2.81. The van der Waals surface area contributed by atoms with Crippen LogP contribution in [-0.2, 0) is 0 Å². The fourth-order valence-corrected chi connectivity index (χ4v) is 1.19. The molecule has 1 aliphatic rings. The molecule has 1 rings (SSSR count). The van der Waals surface area contributed by atoms with Crippen molar-refractivity contribution in [3.63, 3.8) is 0 Å². The summed E-state index contributed by atoms with van der Waals surface area (Å²) in [7, 11) is 0. The van der Waals surface area contributed by atoms with Gasteiger partial charge in [-0.25, -0.2) is 8.78 Å². The zero-order valence-corrected chi connectivity index (χ0v) is 6.77. The second kappa shape index (κ2) is 2.76. The molecule has 0 spiro atoms. The van der Waals surface area contributed by atoms with Crippen molar-refractivity contribution in [2.45, 2.75) is 26.2 Å². The van der Waals surface area contributed by atoms with Crippen LogP contribution in [0.5, 0.6) is 0 Å². The predicted octanol–water partition coefficient (Wildman–Crippen LogP) is 3.16. The normalized spacial score (nSPS) is 25.1. The highest BCUT2D eigenvalue weighted by molar-refractivity contribution is 5.22. The molecule has 0 aromatic carbocycles. The summed E-state index contributed by atoms with van der Waals surface area (Å²) >= 11 is 0. The van der Waals surface area contributed by atoms with Crippen molar-refractivity contribution in [1.29, 1.82) is 0 Å². The third-order valence-corrected chi connectivity index (χ3v) is 1.89. The van der Waals surface area contributed by atoms with Crippen LogP contribution in [0, 0.1) is 5.92 Å². The number of alkyl halides is 2. The first-order valence-corrected chi connectivity index (χ1v) is 3.73. The lowest BCUT2D eigenvalue weighted by Gasteiger charge is -2.21. The molecule has 2 heteroatoms. The Bertz CT molecular complexity index is 196. The zero-order valence-electron chi connectivity index (χ0n) is 6.77. The second-order valence-electron chi connectivity index (χ2n) is 3.11. The predicted molar refractivity (Wildman–Crippen MR) is 41.6 cm³/mol. The van der Waals surface area contributed by atoms with E-state index in [0.717, 1.165) is 12.5 Å². The average Bonchev–Trinajstić information content (AvgIpc) is 1.86. The Morgan fingerprint density at radius 2 is 2.18 bits per heavy atom. The SMILES string of the molecule is CC1=CC(C(C)(F)F)CC=C1. The maximum atomic E-state index is 12.7. The Labute approximate surface area is 65.6 Å². The van der Waals surface area contributed by atoms with Gasteiger partial charge in [-0.2, -0.15) is 0 Å². The van der Waals surface area contributed by atoms with Crippen LogP contribution in [0.1, 0.15) is 20.3 Å². The monoisotopic (exact) mass is 158 g/mol. The molecular weight excluding hydrogens is 146 g/mol. The third-order valence-electron chi connectivity index (χ3n) is 1.89. The maximum absolute atomic E-state index is 12.7. The van der Waals surface area contributed by atoms with Crippen LogP contribution in [0.2, 0.25) is 0 Å². The summed E-state index contributed by atoms with van der Waals surface area (Å²) in [5, 5.41) is 0. The summed E-state index contributed by atoms with van der Waals surface area (Å²) in [5.41, 5.74) is 0.933. The van der Waals surface area contributed by atoms with Crippen LogP contribution < -0.4 is 0 Å². The van der Waals surface area contributed by atoms with Crippen molar-refractivity contribution in [2.24, 2.45) is 5.92 Å². The Hall–Kier alpha value is -0.660. The van der Waals surface area contributed by atoms with Crippen LogP contribution in [0.15, 0.2) is 23.8 Å². The van der Waals surface area contributed by atoms with Crippen molar-refractivity contribution in [3.8, 4) is 0 Å². The molecule has 1 unspecified atom stereocenters. The van der Waals surface area contributed by atoms with Gasteiger partial charge in [-0.1, -0.05) is 23.8 Å². The van der Waals surface area contributed by atoms with E-state index in [1.54, 1.807) is 12.2 Å². The van der Waals surface area contributed by atoms with Gasteiger partial charge in [0.1, 0.15) is 0 Å². The van der Waals surface area contributed by atoms with Gasteiger partial charge < -0.3 is 0 Å². The molecule has 62 valence electrons. The summed E-state index contributed by atoms with van der Waals surface area (Å²) in [6, 6.07) is 0. The minimum absolute atomic E-state index is 0.459. The van der Waals surface area contributed by atoms with Crippen LogP contribution in [0.4, 0.5) is 8.78 Å². The van der Waals surface area contributed by atoms with Crippen LogP contribution >= 0.6 is 0 Å². The quantitative estimate of drug-likeness (QED) is 0.549. The summed E-state index contributed by atoms with van der Waals surface area (Å²) in [5.74, 6) is -3.18. The van der Waals surface area contributed by atoms with Crippen molar-refractivity contribution >= 4 is 0 Å². The lowest BCUT2D eigenvalue weighted by Crippen LogP contribution is -2.23. The van der Waals surface area contributed by atoms with E-state index in [1.165, 1.54) is 0 Å². The molecule has 11 heavy (non-hydrogen) atoms. The van der Waals surface area contributed by atoms with Crippen molar-refractivity contribution in [2.75, 3.05) is 0 Å². The van der Waals surface area contributed by atoms with Crippen LogP contribution in [0.3, 0.4) is 0 Å². The minimum atomic E-state index is -2.58. The highest BCUT2D eigenvalue weighted by Gasteiger charge is 2.31. The van der Waals surface area contributed by atoms with E-state index in [0.29, 0.717) is 6.42 Å². The summed E-state index contributed by atoms with van der Waals surface area (Å²) in [4.78, 5) is 0. The molecular formula is C9H12F2. The molecule has 0 saturated carbocycles. The first kappa shape index (κ1) is 8.44. The van der Waals surface area contributed by atoms with Gasteiger partial charge in [0.05, 0.1) is 0 Å². The molecule has 0 N–H and O–H groups in total. The second-order valence-corrected chi connectivity index (χ2v) is 3.11. The molecule has 0 heterocycles. The summed E-state index contributed by atoms with van der Waals surface area (Å²) in [6.07, 6.45) is 5.78. The highest BCUT2D eigenvalue weighted by atomic mass is 19.3. The van der Waals surface area contributed by atoms with Gasteiger partial charge in [-0.15, -0.1) is 0 Å². The first-order chi connectivity index (χ1) is 5.00. The largest absolute Gasteiger partial charge is 0.251 e. The standard InChI is InChI=1S/C9H12F2/c1-7-4-3-5-8(6-7)9(2,10)11/h3-4,6,8H,5H2,1-2H3. The number of hydrogen-bond acceptors (Lipinski definition) is 0. The van der Waals surface area contributed by atoms with Crippen LogP contribution in [-0.4, -0.2) is 5.92 Å². The molecule has 0 aromatic rings. The summed E-state index contributed by atoms with van der Waals surface area (Å²) < 4.78 is 25.4. The average molecular weight is 158 g/mol. The molecule has 0 amide bonds. The number of halogens is 2. The third kappa shape index (κ3) is 2.14. The van der Waals surface area contributed by atoms with E-state index in [9.17, 15) is 8.78 Å². The topological polar surface area (TPSA) is 0 Å². The molecule has 1 aliphatic carbocycles. The lowest BCUT2D eigenvalue weighted by atomic mass is 9.92. The Kier molecular flexibility index (Phi) is 2.12. The van der Waals surface area contributed by atoms with Gasteiger partial charge in [0.25, 0.3) is 5.92 Å². The lowest BCUT2D eigenvalue weighted by molar-refractivity contribution is -0.0203. The molecule has 0 saturated heterocycles. The van der Waals surface area contributed by atoms with Gasteiger partial charge in [-0.3, -0.25) is 0 Å². The van der Waals surface area contributed by atoms with Gasteiger partial charge in [-0.05, 0) is 20.3 Å². The van der Waals surface area contributed by atoms with E-state index in [1.807, 2.05) is 13.0 Å². The van der Waals surface area contributed by atoms with E-state index in [2.05, 4.69) is 0 Å². The number of allylic oxidation sites excluding steroid dienone is 4. The van der Waals surface area contributed by atoms with E-state index in [-0.39, 0.29) is 0 Å². The fourth-order valence-electron chi connectivity index (χ4n) is 1.19. The smallest absolute Gasteiger partial charge is 0.207 e. The van der Waals surface area contributed by atoms with E-state index in [4.69, 9.17) is 0 Å². The minimum Gasteiger partial charge on any atom is -0.207 e. The Morgan fingerprint density at radius 3 is 2.55 bits per heavy atom. The van der Waals surface area contributed by atoms with Crippen molar-refractivity contribution < 1.29 is 8.78 Å². The van der Waals surface area contributed by atoms with E-state index < -0.39 is 11.8 Å².